The topological polar surface area (TPSA) is 53.3 Å². The lowest BCUT2D eigenvalue weighted by Crippen LogP contribution is -2.48. The molecule has 0 spiro atoms. The van der Waals surface area contributed by atoms with Gasteiger partial charge < -0.3 is 4.74 Å². The molecule has 0 aliphatic carbocycles. The number of hydrogen-bond donors (Lipinski definition) is 0. The second kappa shape index (κ2) is 6.49. The Morgan fingerprint density at radius 1 is 1.50 bits per heavy atom. The van der Waals surface area contributed by atoms with E-state index in [0.717, 1.165) is 0 Å². The molecule has 4 nitrogen and oxygen atoms in total. The second-order valence-corrected chi connectivity index (χ2v) is 5.05. The fourth-order valence-corrected chi connectivity index (χ4v) is 1.68. The Labute approximate surface area is 118 Å². The van der Waals surface area contributed by atoms with Crippen molar-refractivity contribution in [1.82, 2.24) is 4.90 Å². The Morgan fingerprint density at radius 2 is 2.15 bits per heavy atom. The Hall–Kier alpha value is -1.93. The zero-order valence-electron chi connectivity index (χ0n) is 12.2. The molecule has 0 aliphatic heterocycles. The molecule has 0 amide bonds. The number of halogens is 1. The number of benzene rings is 1. The largest absolute Gasteiger partial charge is 0.465 e. The molecule has 0 heterocycles. The summed E-state index contributed by atoms with van der Waals surface area (Å²) in [5.41, 5.74) is -0.0990. The minimum atomic E-state index is -0.870. The van der Waals surface area contributed by atoms with E-state index < -0.39 is 11.4 Å². The SMILES string of the molecule is CCOC(=O)C(C)(C)N(C)Cc1cc(C#N)ccc1F. The van der Waals surface area contributed by atoms with Crippen LogP contribution in [0.3, 0.4) is 0 Å². The summed E-state index contributed by atoms with van der Waals surface area (Å²) in [7, 11) is 1.72. The van der Waals surface area contributed by atoms with Gasteiger partial charge in [0.15, 0.2) is 0 Å². The van der Waals surface area contributed by atoms with Gasteiger partial charge in [0, 0.05) is 12.1 Å². The van der Waals surface area contributed by atoms with Crippen molar-refractivity contribution in [1.29, 1.82) is 5.26 Å². The maximum atomic E-state index is 13.8. The molecule has 0 saturated heterocycles. The molecule has 108 valence electrons. The minimum absolute atomic E-state index is 0.215. The third-order valence-corrected chi connectivity index (χ3v) is 3.31. The highest BCUT2D eigenvalue weighted by atomic mass is 19.1. The Morgan fingerprint density at radius 3 is 2.70 bits per heavy atom. The summed E-state index contributed by atoms with van der Waals surface area (Å²) < 4.78 is 18.8. The van der Waals surface area contributed by atoms with Crippen LogP contribution in [-0.4, -0.2) is 30.1 Å². The number of nitrogens with zero attached hydrogens (tertiary/aromatic N) is 2. The number of nitriles is 1. The van der Waals surface area contributed by atoms with Gasteiger partial charge in [-0.2, -0.15) is 5.26 Å². The van der Waals surface area contributed by atoms with E-state index in [1.807, 2.05) is 6.07 Å². The summed E-state index contributed by atoms with van der Waals surface area (Å²) in [6.07, 6.45) is 0. The zero-order valence-corrected chi connectivity index (χ0v) is 12.2. The molecule has 1 aromatic carbocycles. The van der Waals surface area contributed by atoms with Gasteiger partial charge in [-0.15, -0.1) is 0 Å². The predicted molar refractivity (Wildman–Crippen MR) is 73.3 cm³/mol. The molecular weight excluding hydrogens is 259 g/mol. The molecule has 0 aromatic heterocycles. The first kappa shape index (κ1) is 16.1. The molecule has 0 aliphatic rings. The van der Waals surface area contributed by atoms with Crippen molar-refractivity contribution in [3.05, 3.63) is 35.1 Å². The van der Waals surface area contributed by atoms with Crippen LogP contribution in [-0.2, 0) is 16.1 Å². The van der Waals surface area contributed by atoms with Crippen LogP contribution in [0.2, 0.25) is 0 Å². The van der Waals surface area contributed by atoms with Crippen LogP contribution in [0.4, 0.5) is 4.39 Å². The molecule has 0 unspecified atom stereocenters. The van der Waals surface area contributed by atoms with Crippen molar-refractivity contribution < 1.29 is 13.9 Å². The third kappa shape index (κ3) is 3.55. The molecular formula is C15H19FN2O2. The Balaban J connectivity index is 2.93. The fraction of sp³-hybridized carbons (Fsp3) is 0.467. The van der Waals surface area contributed by atoms with E-state index in [1.54, 1.807) is 32.7 Å². The molecule has 0 bridgehead atoms. The van der Waals surface area contributed by atoms with Gasteiger partial charge in [0.2, 0.25) is 0 Å². The number of likely N-dealkylation sites (N-methyl/N-ethyl adjacent to an activating group) is 1. The van der Waals surface area contributed by atoms with Crippen molar-refractivity contribution in [2.45, 2.75) is 32.9 Å². The normalized spacial score (nSPS) is 11.2. The first-order chi connectivity index (χ1) is 9.32. The van der Waals surface area contributed by atoms with Gasteiger partial charge in [0.1, 0.15) is 11.4 Å². The summed E-state index contributed by atoms with van der Waals surface area (Å²) in [4.78, 5) is 13.6. The lowest BCUT2D eigenvalue weighted by Gasteiger charge is -2.33. The first-order valence-corrected chi connectivity index (χ1v) is 6.40. The van der Waals surface area contributed by atoms with E-state index in [-0.39, 0.29) is 12.5 Å². The number of rotatable bonds is 5. The van der Waals surface area contributed by atoms with E-state index in [9.17, 15) is 9.18 Å². The van der Waals surface area contributed by atoms with Gasteiger partial charge in [-0.3, -0.25) is 9.69 Å². The van der Waals surface area contributed by atoms with Gasteiger partial charge in [-0.25, -0.2) is 4.39 Å². The smallest absolute Gasteiger partial charge is 0.325 e. The van der Waals surface area contributed by atoms with E-state index in [2.05, 4.69) is 0 Å². The van der Waals surface area contributed by atoms with Crippen molar-refractivity contribution in [2.24, 2.45) is 0 Å². The summed E-state index contributed by atoms with van der Waals surface area (Å²) in [6.45, 7) is 5.69. The van der Waals surface area contributed by atoms with Crippen LogP contribution >= 0.6 is 0 Å². The number of ether oxygens (including phenoxy) is 1. The van der Waals surface area contributed by atoms with Gasteiger partial charge in [0.05, 0.1) is 18.2 Å². The Kier molecular flexibility index (Phi) is 5.23. The molecule has 5 heteroatoms. The zero-order chi connectivity index (χ0) is 15.3. The fourth-order valence-electron chi connectivity index (χ4n) is 1.68. The first-order valence-electron chi connectivity index (χ1n) is 6.40. The number of esters is 1. The molecule has 0 atom stereocenters. The summed E-state index contributed by atoms with van der Waals surface area (Å²) >= 11 is 0. The van der Waals surface area contributed by atoms with Crippen LogP contribution in [0.1, 0.15) is 31.9 Å². The average Bonchev–Trinajstić information content (AvgIpc) is 2.41. The molecule has 20 heavy (non-hydrogen) atoms. The highest BCUT2D eigenvalue weighted by molar-refractivity contribution is 5.79. The van der Waals surface area contributed by atoms with E-state index in [4.69, 9.17) is 10.00 Å². The van der Waals surface area contributed by atoms with Gasteiger partial charge in [-0.1, -0.05) is 0 Å². The van der Waals surface area contributed by atoms with Crippen LogP contribution < -0.4 is 0 Å². The third-order valence-electron chi connectivity index (χ3n) is 3.31. The van der Waals surface area contributed by atoms with Crippen LogP contribution in [0.15, 0.2) is 18.2 Å². The second-order valence-electron chi connectivity index (χ2n) is 5.05. The number of hydrogen-bond acceptors (Lipinski definition) is 4. The maximum Gasteiger partial charge on any atom is 0.325 e. The number of carbonyl (C=O) groups is 1. The van der Waals surface area contributed by atoms with Gasteiger partial charge in [0.25, 0.3) is 0 Å². The van der Waals surface area contributed by atoms with Crippen LogP contribution in [0, 0.1) is 17.1 Å². The maximum absolute atomic E-state index is 13.8. The van der Waals surface area contributed by atoms with Crippen molar-refractivity contribution in [3.8, 4) is 6.07 Å². The molecule has 0 fully saturated rings. The molecule has 1 rings (SSSR count). The van der Waals surface area contributed by atoms with Crippen LogP contribution in [0.5, 0.6) is 0 Å². The quantitative estimate of drug-likeness (QED) is 0.776. The lowest BCUT2D eigenvalue weighted by molar-refractivity contribution is -0.155. The van der Waals surface area contributed by atoms with Gasteiger partial charge >= 0.3 is 5.97 Å². The monoisotopic (exact) mass is 278 g/mol. The lowest BCUT2D eigenvalue weighted by atomic mass is 10.0. The van der Waals surface area contributed by atoms with E-state index in [1.165, 1.54) is 18.2 Å². The standard InChI is InChI=1S/C15H19FN2O2/c1-5-20-14(19)15(2,3)18(4)10-12-8-11(9-17)6-7-13(12)16/h6-8H,5,10H2,1-4H3. The highest BCUT2D eigenvalue weighted by Gasteiger charge is 2.34. The molecule has 1 aromatic rings. The molecule has 0 saturated carbocycles. The highest BCUT2D eigenvalue weighted by Crippen LogP contribution is 2.20. The summed E-state index contributed by atoms with van der Waals surface area (Å²) in [5, 5.41) is 8.84. The number of carbonyl (C=O) groups excluding carboxylic acids is 1. The van der Waals surface area contributed by atoms with Crippen LogP contribution in [0.25, 0.3) is 0 Å². The van der Waals surface area contributed by atoms with E-state index >= 15 is 0 Å². The predicted octanol–water partition coefficient (Wildman–Crippen LogP) is 2.47. The van der Waals surface area contributed by atoms with Gasteiger partial charge in [-0.05, 0) is 46.0 Å². The average molecular weight is 278 g/mol. The van der Waals surface area contributed by atoms with Crippen molar-refractivity contribution in [2.75, 3.05) is 13.7 Å². The minimum Gasteiger partial charge on any atom is -0.465 e. The Bertz CT molecular complexity index is 535. The van der Waals surface area contributed by atoms with Crippen molar-refractivity contribution >= 4 is 5.97 Å². The summed E-state index contributed by atoms with van der Waals surface area (Å²) in [5.74, 6) is -0.755. The van der Waals surface area contributed by atoms with Crippen molar-refractivity contribution in [3.63, 3.8) is 0 Å². The molecule has 0 N–H and O–H groups in total. The molecule has 0 radical (unpaired) electrons. The van der Waals surface area contributed by atoms with E-state index in [0.29, 0.717) is 17.7 Å². The summed E-state index contributed by atoms with van der Waals surface area (Å²) in [6, 6.07) is 6.15.